The molecule has 0 atom stereocenters. The largest absolute Gasteiger partial charge is 0.356 e. The molecule has 1 fully saturated rings. The van der Waals surface area contributed by atoms with Gasteiger partial charge in [0.05, 0.1) is 6.54 Å². The van der Waals surface area contributed by atoms with Gasteiger partial charge in [0.25, 0.3) is 0 Å². The van der Waals surface area contributed by atoms with E-state index in [-0.39, 0.29) is 42.2 Å². The van der Waals surface area contributed by atoms with E-state index in [4.69, 9.17) is 0 Å². The first-order valence-electron chi connectivity index (χ1n) is 8.65. The summed E-state index contributed by atoms with van der Waals surface area (Å²) in [5.41, 5.74) is 1.05. The lowest BCUT2D eigenvalue weighted by Crippen LogP contribution is -2.46. The summed E-state index contributed by atoms with van der Waals surface area (Å²) >= 11 is 0. The Morgan fingerprint density at radius 2 is 1.84 bits per heavy atom. The zero-order valence-electron chi connectivity index (χ0n) is 14.7. The molecule has 1 amide bonds. The minimum Gasteiger partial charge on any atom is -0.356 e. The van der Waals surface area contributed by atoms with Crippen molar-refractivity contribution in [2.45, 2.75) is 44.6 Å². The van der Waals surface area contributed by atoms with Crippen LogP contribution in [-0.4, -0.2) is 38.0 Å². The number of rotatable bonds is 6. The van der Waals surface area contributed by atoms with E-state index in [1.54, 1.807) is 19.2 Å². The van der Waals surface area contributed by atoms with Gasteiger partial charge in [-0.25, -0.2) is 4.39 Å². The van der Waals surface area contributed by atoms with Crippen molar-refractivity contribution in [2.24, 2.45) is 4.99 Å². The van der Waals surface area contributed by atoms with Crippen LogP contribution in [0.25, 0.3) is 0 Å². The Kier molecular flexibility index (Phi) is 10.4. The average Bonchev–Trinajstić information content (AvgIpc) is 2.60. The number of halogens is 2. The monoisotopic (exact) mass is 462 g/mol. The smallest absolute Gasteiger partial charge is 0.239 e. The van der Waals surface area contributed by atoms with E-state index in [1.165, 1.54) is 31.4 Å². The number of nitrogens with zero attached hydrogens (tertiary/aromatic N) is 1. The van der Waals surface area contributed by atoms with Gasteiger partial charge in [0.1, 0.15) is 5.82 Å². The second-order valence-electron chi connectivity index (χ2n) is 6.13. The molecule has 5 nitrogen and oxygen atoms in total. The molecular weight excluding hydrogens is 434 g/mol. The van der Waals surface area contributed by atoms with E-state index in [0.29, 0.717) is 18.5 Å². The Labute approximate surface area is 166 Å². The highest BCUT2D eigenvalue weighted by Crippen LogP contribution is 2.17. The average molecular weight is 462 g/mol. The Balaban J connectivity index is 0.00000312. The van der Waals surface area contributed by atoms with Crippen molar-refractivity contribution in [3.8, 4) is 0 Å². The van der Waals surface area contributed by atoms with Crippen LogP contribution in [0.4, 0.5) is 4.39 Å². The Bertz CT molecular complexity index is 545. The van der Waals surface area contributed by atoms with Crippen molar-refractivity contribution in [1.29, 1.82) is 0 Å². The molecule has 1 aliphatic rings. The molecule has 7 heteroatoms. The van der Waals surface area contributed by atoms with Crippen molar-refractivity contribution in [2.75, 3.05) is 20.1 Å². The van der Waals surface area contributed by atoms with E-state index in [2.05, 4.69) is 20.9 Å². The van der Waals surface area contributed by atoms with Crippen LogP contribution in [0.3, 0.4) is 0 Å². The molecule has 0 unspecified atom stereocenters. The summed E-state index contributed by atoms with van der Waals surface area (Å²) in [6, 6.07) is 6.77. The predicted molar refractivity (Wildman–Crippen MR) is 110 cm³/mol. The minimum atomic E-state index is -0.229. The molecule has 0 spiro atoms. The molecule has 0 bridgehead atoms. The third-order valence-electron chi connectivity index (χ3n) is 4.23. The molecule has 2 rings (SSSR count). The Morgan fingerprint density at radius 3 is 2.48 bits per heavy atom. The minimum absolute atomic E-state index is 0. The second kappa shape index (κ2) is 12.1. The van der Waals surface area contributed by atoms with Crippen LogP contribution in [0.2, 0.25) is 0 Å². The lowest BCUT2D eigenvalue weighted by atomic mass is 9.95. The Morgan fingerprint density at radius 1 is 1.16 bits per heavy atom. The molecule has 1 saturated carbocycles. The normalized spacial score (nSPS) is 15.2. The zero-order valence-corrected chi connectivity index (χ0v) is 17.0. The van der Waals surface area contributed by atoms with Crippen LogP contribution >= 0.6 is 24.0 Å². The van der Waals surface area contributed by atoms with Crippen molar-refractivity contribution < 1.29 is 9.18 Å². The number of carbonyl (C=O) groups excluding carboxylic acids is 1. The van der Waals surface area contributed by atoms with E-state index >= 15 is 0 Å². The highest BCUT2D eigenvalue weighted by atomic mass is 127. The van der Waals surface area contributed by atoms with E-state index in [0.717, 1.165) is 24.8 Å². The molecule has 3 N–H and O–H groups in total. The third kappa shape index (κ3) is 8.51. The highest BCUT2D eigenvalue weighted by Gasteiger charge is 2.15. The highest BCUT2D eigenvalue weighted by molar-refractivity contribution is 14.0. The number of hydrogen-bond donors (Lipinski definition) is 3. The maximum atomic E-state index is 12.9. The van der Waals surface area contributed by atoms with Gasteiger partial charge in [-0.05, 0) is 37.0 Å². The van der Waals surface area contributed by atoms with Crippen molar-refractivity contribution in [3.63, 3.8) is 0 Å². The number of benzene rings is 1. The van der Waals surface area contributed by atoms with Crippen LogP contribution < -0.4 is 16.0 Å². The molecule has 0 aliphatic heterocycles. The summed E-state index contributed by atoms with van der Waals surface area (Å²) in [5.74, 6) is 0.368. The van der Waals surface area contributed by atoms with Gasteiger partial charge < -0.3 is 16.0 Å². The molecule has 0 saturated heterocycles. The number of aliphatic imine (C=N–C) groups is 1. The van der Waals surface area contributed by atoms with E-state index < -0.39 is 0 Å². The Hall–Kier alpha value is -1.38. The van der Waals surface area contributed by atoms with Gasteiger partial charge in [-0.2, -0.15) is 0 Å². The topological polar surface area (TPSA) is 65.5 Å². The lowest BCUT2D eigenvalue weighted by Gasteiger charge is -2.23. The molecule has 1 aromatic carbocycles. The summed E-state index contributed by atoms with van der Waals surface area (Å²) < 4.78 is 12.9. The summed E-state index contributed by atoms with van der Waals surface area (Å²) in [6.07, 6.45) is 6.59. The number of hydrogen-bond acceptors (Lipinski definition) is 2. The van der Waals surface area contributed by atoms with Crippen LogP contribution in [0, 0.1) is 5.82 Å². The summed E-state index contributed by atoms with van der Waals surface area (Å²) in [6.45, 7) is 0.877. The van der Waals surface area contributed by atoms with Crippen molar-refractivity contribution in [1.82, 2.24) is 16.0 Å². The standard InChI is InChI=1S/C18H27FN4O.HI/c1-20-18(21-12-11-14-7-9-15(19)10-8-14)22-13-17(24)23-16-5-3-2-4-6-16;/h7-10,16H,2-6,11-13H2,1H3,(H,23,24)(H2,20,21,22);1H. The summed E-state index contributed by atoms with van der Waals surface area (Å²) in [5, 5.41) is 9.24. The third-order valence-corrected chi connectivity index (χ3v) is 4.23. The van der Waals surface area contributed by atoms with Crippen molar-refractivity contribution in [3.05, 3.63) is 35.6 Å². The molecule has 140 valence electrons. The fourth-order valence-electron chi connectivity index (χ4n) is 2.89. The quantitative estimate of drug-likeness (QED) is 0.346. The van der Waals surface area contributed by atoms with Gasteiger partial charge in [0.15, 0.2) is 5.96 Å². The van der Waals surface area contributed by atoms with E-state index in [9.17, 15) is 9.18 Å². The maximum absolute atomic E-state index is 12.9. The number of nitrogens with one attached hydrogen (secondary N) is 3. The summed E-state index contributed by atoms with van der Waals surface area (Å²) in [7, 11) is 1.67. The van der Waals surface area contributed by atoms with Gasteiger partial charge in [-0.3, -0.25) is 9.79 Å². The lowest BCUT2D eigenvalue weighted by molar-refractivity contribution is -0.120. The van der Waals surface area contributed by atoms with Gasteiger partial charge in [0, 0.05) is 19.6 Å². The summed E-state index contributed by atoms with van der Waals surface area (Å²) in [4.78, 5) is 16.1. The maximum Gasteiger partial charge on any atom is 0.239 e. The van der Waals surface area contributed by atoms with Crippen LogP contribution in [0.5, 0.6) is 0 Å². The van der Waals surface area contributed by atoms with Gasteiger partial charge in [0.2, 0.25) is 5.91 Å². The second-order valence-corrected chi connectivity index (χ2v) is 6.13. The first kappa shape index (κ1) is 21.7. The van der Waals surface area contributed by atoms with Crippen LogP contribution in [0.15, 0.2) is 29.3 Å². The first-order valence-corrected chi connectivity index (χ1v) is 8.65. The van der Waals surface area contributed by atoms with E-state index in [1.807, 2.05) is 0 Å². The molecule has 0 radical (unpaired) electrons. The molecular formula is C18H28FIN4O. The number of guanidine groups is 1. The number of carbonyl (C=O) groups is 1. The molecule has 1 aliphatic carbocycles. The van der Waals surface area contributed by atoms with Gasteiger partial charge >= 0.3 is 0 Å². The molecule has 0 heterocycles. The van der Waals surface area contributed by atoms with Crippen LogP contribution in [0.1, 0.15) is 37.7 Å². The first-order chi connectivity index (χ1) is 11.7. The predicted octanol–water partition coefficient (Wildman–Crippen LogP) is 2.60. The fraction of sp³-hybridized carbons (Fsp3) is 0.556. The van der Waals surface area contributed by atoms with Gasteiger partial charge in [-0.15, -0.1) is 24.0 Å². The fourth-order valence-corrected chi connectivity index (χ4v) is 2.89. The number of amides is 1. The van der Waals surface area contributed by atoms with Crippen LogP contribution in [-0.2, 0) is 11.2 Å². The molecule has 1 aromatic rings. The molecule has 0 aromatic heterocycles. The van der Waals surface area contributed by atoms with Crippen molar-refractivity contribution >= 4 is 35.8 Å². The molecule has 25 heavy (non-hydrogen) atoms. The SMILES string of the molecule is CN=C(NCCc1ccc(F)cc1)NCC(=O)NC1CCCCC1.I. The zero-order chi connectivity index (χ0) is 17.2. The van der Waals surface area contributed by atoms with Gasteiger partial charge in [-0.1, -0.05) is 31.4 Å².